The summed E-state index contributed by atoms with van der Waals surface area (Å²) in [6.45, 7) is 0. The molecule has 1 aromatic rings. The predicted octanol–water partition coefficient (Wildman–Crippen LogP) is 2.86. The number of hydrogen-bond donors (Lipinski definition) is 1. The molecule has 0 aliphatic carbocycles. The van der Waals surface area contributed by atoms with E-state index in [2.05, 4.69) is 4.98 Å². The van der Waals surface area contributed by atoms with E-state index in [1.54, 1.807) is 22.6 Å². The summed E-state index contributed by atoms with van der Waals surface area (Å²) in [6, 6.07) is 1.07. The average Bonchev–Trinajstić information content (AvgIpc) is 1.96. The highest BCUT2D eigenvalue weighted by Gasteiger charge is 2.15. The molecule has 1 aromatic heterocycles. The SMILES string of the molecule is Nc1c(C(F)F)cc(Cl)nc1I. The van der Waals surface area contributed by atoms with Crippen molar-refractivity contribution in [2.24, 2.45) is 0 Å². The molecule has 0 aromatic carbocycles. The molecule has 0 atom stereocenters. The first kappa shape index (κ1) is 9.91. The number of nitrogens with zero attached hydrogens (tertiary/aromatic N) is 1. The first-order valence-electron chi connectivity index (χ1n) is 2.92. The Kier molecular flexibility index (Phi) is 3.05. The Hall–Kier alpha value is -0.170. The van der Waals surface area contributed by atoms with Crippen LogP contribution >= 0.6 is 34.2 Å². The van der Waals surface area contributed by atoms with Gasteiger partial charge in [-0.15, -0.1) is 0 Å². The van der Waals surface area contributed by atoms with Gasteiger partial charge in [-0.1, -0.05) is 11.6 Å². The topological polar surface area (TPSA) is 38.9 Å². The standard InChI is InChI=1S/C6H4ClF2IN2/c7-3-1-2(5(8)9)4(11)6(10)12-3/h1,5H,11H2. The fraction of sp³-hybridized carbons (Fsp3) is 0.167. The first-order chi connectivity index (χ1) is 5.52. The van der Waals surface area contributed by atoms with E-state index in [1.165, 1.54) is 0 Å². The number of nitrogens with two attached hydrogens (primary N) is 1. The van der Waals surface area contributed by atoms with Gasteiger partial charge in [0.1, 0.15) is 8.85 Å². The maximum absolute atomic E-state index is 12.2. The molecule has 0 bridgehead atoms. The predicted molar refractivity (Wildman–Crippen MR) is 51.3 cm³/mol. The molecule has 0 saturated carbocycles. The van der Waals surface area contributed by atoms with E-state index in [4.69, 9.17) is 17.3 Å². The zero-order valence-electron chi connectivity index (χ0n) is 5.69. The van der Waals surface area contributed by atoms with E-state index in [-0.39, 0.29) is 16.4 Å². The third kappa shape index (κ3) is 1.95. The molecule has 0 amide bonds. The lowest BCUT2D eigenvalue weighted by molar-refractivity contribution is 0.152. The summed E-state index contributed by atoms with van der Waals surface area (Å²) in [6.07, 6.45) is -2.61. The Morgan fingerprint density at radius 3 is 2.67 bits per heavy atom. The second kappa shape index (κ2) is 3.69. The van der Waals surface area contributed by atoms with Crippen molar-refractivity contribution in [3.05, 3.63) is 20.5 Å². The minimum atomic E-state index is -2.61. The summed E-state index contributed by atoms with van der Waals surface area (Å²) in [5, 5.41) is 0.0314. The minimum Gasteiger partial charge on any atom is -0.396 e. The van der Waals surface area contributed by atoms with Gasteiger partial charge in [0.2, 0.25) is 0 Å². The number of rotatable bonds is 1. The van der Waals surface area contributed by atoms with Crippen LogP contribution in [0.1, 0.15) is 12.0 Å². The second-order valence-corrected chi connectivity index (χ2v) is 3.45. The van der Waals surface area contributed by atoms with Gasteiger partial charge in [0.05, 0.1) is 5.69 Å². The van der Waals surface area contributed by atoms with E-state index in [0.29, 0.717) is 3.70 Å². The van der Waals surface area contributed by atoms with Crippen LogP contribution < -0.4 is 5.73 Å². The van der Waals surface area contributed by atoms with Crippen molar-refractivity contribution in [3.63, 3.8) is 0 Å². The summed E-state index contributed by atoms with van der Waals surface area (Å²) in [5.74, 6) is 0. The molecule has 2 N–H and O–H groups in total. The molecule has 0 fully saturated rings. The van der Waals surface area contributed by atoms with Gasteiger partial charge in [-0.25, -0.2) is 13.8 Å². The Bertz CT molecular complexity index is 306. The van der Waals surface area contributed by atoms with Crippen LogP contribution in [0.5, 0.6) is 0 Å². The van der Waals surface area contributed by atoms with Gasteiger partial charge < -0.3 is 5.73 Å². The maximum Gasteiger partial charge on any atom is 0.266 e. The highest BCUT2D eigenvalue weighted by molar-refractivity contribution is 14.1. The largest absolute Gasteiger partial charge is 0.396 e. The van der Waals surface area contributed by atoms with Crippen molar-refractivity contribution < 1.29 is 8.78 Å². The molecule has 0 aliphatic heterocycles. The van der Waals surface area contributed by atoms with Crippen LogP contribution in [0.15, 0.2) is 6.07 Å². The van der Waals surface area contributed by atoms with Gasteiger partial charge in [0.25, 0.3) is 6.43 Å². The molecule has 2 nitrogen and oxygen atoms in total. The van der Waals surface area contributed by atoms with Crippen molar-refractivity contribution in [2.45, 2.75) is 6.43 Å². The Labute approximate surface area is 86.3 Å². The molecule has 0 aliphatic rings. The second-order valence-electron chi connectivity index (χ2n) is 2.04. The lowest BCUT2D eigenvalue weighted by atomic mass is 10.2. The molecule has 1 heterocycles. The van der Waals surface area contributed by atoms with Crippen molar-refractivity contribution in [3.8, 4) is 0 Å². The van der Waals surface area contributed by atoms with Crippen molar-refractivity contribution in [1.29, 1.82) is 0 Å². The third-order valence-corrected chi connectivity index (χ3v) is 2.26. The first-order valence-corrected chi connectivity index (χ1v) is 4.37. The van der Waals surface area contributed by atoms with Crippen LogP contribution in [0.4, 0.5) is 14.5 Å². The van der Waals surface area contributed by atoms with Crippen LogP contribution in [0.2, 0.25) is 5.15 Å². The number of pyridine rings is 1. The molecule has 0 unspecified atom stereocenters. The Morgan fingerprint density at radius 2 is 2.17 bits per heavy atom. The molecule has 1 rings (SSSR count). The van der Waals surface area contributed by atoms with Crippen molar-refractivity contribution in [1.82, 2.24) is 4.98 Å². The molecule has 0 saturated heterocycles. The maximum atomic E-state index is 12.2. The van der Waals surface area contributed by atoms with E-state index >= 15 is 0 Å². The van der Waals surface area contributed by atoms with E-state index in [1.807, 2.05) is 0 Å². The van der Waals surface area contributed by atoms with Crippen LogP contribution in [-0.4, -0.2) is 4.98 Å². The molecule has 12 heavy (non-hydrogen) atoms. The smallest absolute Gasteiger partial charge is 0.266 e. The zero-order valence-corrected chi connectivity index (χ0v) is 8.60. The average molecular weight is 304 g/mol. The Balaban J connectivity index is 3.28. The monoisotopic (exact) mass is 304 g/mol. The normalized spacial score (nSPS) is 10.8. The van der Waals surface area contributed by atoms with Gasteiger partial charge >= 0.3 is 0 Å². The van der Waals surface area contributed by atoms with Crippen molar-refractivity contribution in [2.75, 3.05) is 5.73 Å². The summed E-state index contributed by atoms with van der Waals surface area (Å²) in [4.78, 5) is 3.71. The lowest BCUT2D eigenvalue weighted by Gasteiger charge is -2.05. The van der Waals surface area contributed by atoms with E-state index in [9.17, 15) is 8.78 Å². The fourth-order valence-electron chi connectivity index (χ4n) is 0.692. The van der Waals surface area contributed by atoms with Gasteiger partial charge in [0, 0.05) is 5.56 Å². The van der Waals surface area contributed by atoms with Crippen LogP contribution in [0.3, 0.4) is 0 Å². The summed E-state index contributed by atoms with van der Waals surface area (Å²) in [5.41, 5.74) is 5.07. The number of hydrogen-bond acceptors (Lipinski definition) is 2. The van der Waals surface area contributed by atoms with E-state index in [0.717, 1.165) is 6.07 Å². The van der Waals surface area contributed by atoms with Gasteiger partial charge in [-0.05, 0) is 28.7 Å². The molecular weight excluding hydrogens is 300 g/mol. The van der Waals surface area contributed by atoms with E-state index < -0.39 is 6.43 Å². The highest BCUT2D eigenvalue weighted by Crippen LogP contribution is 2.29. The summed E-state index contributed by atoms with van der Waals surface area (Å²) < 4.78 is 24.7. The summed E-state index contributed by atoms with van der Waals surface area (Å²) >= 11 is 7.22. The fourth-order valence-corrected chi connectivity index (χ4v) is 1.61. The lowest BCUT2D eigenvalue weighted by Crippen LogP contribution is -2.00. The molecule has 0 spiro atoms. The van der Waals surface area contributed by atoms with Gasteiger partial charge in [-0.3, -0.25) is 0 Å². The van der Waals surface area contributed by atoms with Crippen molar-refractivity contribution >= 4 is 39.9 Å². The quantitative estimate of drug-likeness (QED) is 0.640. The number of nitrogen functional groups attached to an aromatic ring is 1. The number of halogens is 4. The van der Waals surface area contributed by atoms with Gasteiger partial charge in [0.15, 0.2) is 0 Å². The number of aromatic nitrogens is 1. The number of anilines is 1. The van der Waals surface area contributed by atoms with Crippen LogP contribution in [-0.2, 0) is 0 Å². The molecule has 6 heteroatoms. The molecule has 66 valence electrons. The Morgan fingerprint density at radius 1 is 1.58 bits per heavy atom. The highest BCUT2D eigenvalue weighted by atomic mass is 127. The molecule has 0 radical (unpaired) electrons. The summed E-state index contributed by atoms with van der Waals surface area (Å²) in [7, 11) is 0. The van der Waals surface area contributed by atoms with Gasteiger partial charge in [-0.2, -0.15) is 0 Å². The zero-order chi connectivity index (χ0) is 9.30. The number of alkyl halides is 2. The third-order valence-electron chi connectivity index (χ3n) is 1.25. The molecular formula is C6H4ClF2IN2. The van der Waals surface area contributed by atoms with Crippen LogP contribution in [0, 0.1) is 3.70 Å². The minimum absolute atomic E-state index is 0.00463. The van der Waals surface area contributed by atoms with Crippen LogP contribution in [0.25, 0.3) is 0 Å².